The van der Waals surface area contributed by atoms with Gasteiger partial charge < -0.3 is 9.05 Å². The van der Waals surface area contributed by atoms with E-state index in [2.05, 4.69) is 80.9 Å². The fraction of sp³-hybridized carbons (Fsp3) is 0.545. The molecule has 0 aromatic heterocycles. The molecule has 0 aliphatic carbocycles. The summed E-state index contributed by atoms with van der Waals surface area (Å²) < 4.78 is 11.2. The van der Waals surface area contributed by atoms with Gasteiger partial charge in [-0.2, -0.15) is 0 Å². The Morgan fingerprint density at radius 1 is 0.852 bits per heavy atom. The molecule has 0 rings (SSSR count). The third-order valence-corrected chi connectivity index (χ3v) is 5.13. The summed E-state index contributed by atoms with van der Waals surface area (Å²) in [4.78, 5) is 0. The molecule has 0 spiro atoms. The van der Waals surface area contributed by atoms with E-state index < -0.39 is 0 Å². The van der Waals surface area contributed by atoms with Crippen LogP contribution in [-0.4, -0.2) is 12.2 Å². The fourth-order valence-corrected chi connectivity index (χ4v) is 3.51. The Hall–Kier alpha value is -0.0900. The summed E-state index contributed by atoms with van der Waals surface area (Å²) >= 11 is 0. The molecule has 5 atom stereocenters. The van der Waals surface area contributed by atoms with Crippen LogP contribution >= 0.6 is 26.9 Å². The van der Waals surface area contributed by atoms with Gasteiger partial charge in [0.2, 0.25) is 0 Å². The Morgan fingerprint density at radius 3 is 2.19 bits per heavy atom. The highest BCUT2D eigenvalue weighted by atomic mass is 32.0. The lowest BCUT2D eigenvalue weighted by molar-refractivity contribution is 0.274. The zero-order valence-corrected chi connectivity index (χ0v) is 20.4. The Morgan fingerprint density at radius 2 is 1.56 bits per heavy atom. The first-order chi connectivity index (χ1) is 13.3. The maximum Gasteiger partial charge on any atom is 0.0836 e. The number of allylic oxidation sites excluding steroid dienone is 7. The summed E-state index contributed by atoms with van der Waals surface area (Å²) in [7, 11) is 5.45. The molecule has 0 aliphatic heterocycles. The average Bonchev–Trinajstić information content (AvgIpc) is 2.68. The highest BCUT2D eigenvalue weighted by Crippen LogP contribution is 2.25. The van der Waals surface area contributed by atoms with E-state index in [-0.39, 0.29) is 12.2 Å². The number of hydrogen-bond donors (Lipinski definition) is 0. The van der Waals surface area contributed by atoms with E-state index in [4.69, 9.17) is 9.05 Å². The van der Waals surface area contributed by atoms with Crippen molar-refractivity contribution in [1.82, 2.24) is 0 Å². The van der Waals surface area contributed by atoms with E-state index >= 15 is 0 Å². The third-order valence-electron chi connectivity index (χ3n) is 3.93. The monoisotopic (exact) mass is 428 g/mol. The first-order valence-electron chi connectivity index (χ1n) is 10.1. The number of unbranched alkanes of at least 4 members (excludes halogenated alkanes) is 3. The van der Waals surface area contributed by atoms with Gasteiger partial charge in [0.1, 0.15) is 0 Å². The Balaban J connectivity index is 4.23. The Kier molecular flexibility index (Phi) is 22.1. The molecule has 0 saturated heterocycles. The van der Waals surface area contributed by atoms with E-state index in [0.717, 1.165) is 25.7 Å². The second kappa shape index (κ2) is 22.2. The van der Waals surface area contributed by atoms with Crippen LogP contribution in [0, 0.1) is 0 Å². The lowest BCUT2D eigenvalue weighted by atomic mass is 10.1. The molecular formula is C22H39O2P3. The van der Waals surface area contributed by atoms with Crippen molar-refractivity contribution in [3.8, 4) is 0 Å². The Labute approximate surface area is 174 Å². The van der Waals surface area contributed by atoms with Crippen LogP contribution in [0.2, 0.25) is 0 Å². The molecule has 0 aromatic rings. The van der Waals surface area contributed by atoms with Crippen LogP contribution in [0.15, 0.2) is 60.8 Å². The van der Waals surface area contributed by atoms with Crippen LogP contribution in [-0.2, 0) is 9.05 Å². The minimum Gasteiger partial charge on any atom is -0.358 e. The van der Waals surface area contributed by atoms with Crippen molar-refractivity contribution < 1.29 is 9.05 Å². The standard InChI is InChI=1S/C22H39O2P3/c1-3-5-7-9-10-15-19-22(24-27-26)20-16-12-11-14-18-21(23-25)17-13-8-6-4-2/h5,7,10-12,14-16,18,20-22,27H,3-4,6,8-9,13,17,19,25-26H2,1-2H3. The topological polar surface area (TPSA) is 18.5 Å². The zero-order valence-electron chi connectivity index (χ0n) is 17.1. The lowest BCUT2D eigenvalue weighted by Gasteiger charge is -2.09. The largest absolute Gasteiger partial charge is 0.358 e. The van der Waals surface area contributed by atoms with Gasteiger partial charge in [-0.25, -0.2) is 0 Å². The van der Waals surface area contributed by atoms with Crippen molar-refractivity contribution in [2.45, 2.75) is 77.4 Å². The SMILES string of the molecule is CCC=CCC=CCC(C=CC=CC=CC(CCCCCC)OP)OPP. The molecule has 0 bridgehead atoms. The summed E-state index contributed by atoms with van der Waals surface area (Å²) in [6.07, 6.45) is 30.7. The molecule has 0 N–H and O–H groups in total. The highest BCUT2D eigenvalue weighted by molar-refractivity contribution is 8.00. The minimum absolute atomic E-state index is 0.127. The lowest BCUT2D eigenvalue weighted by Crippen LogP contribution is -2.02. The van der Waals surface area contributed by atoms with Gasteiger partial charge in [-0.3, -0.25) is 0 Å². The normalized spacial score (nSPS) is 15.7. The van der Waals surface area contributed by atoms with Crippen molar-refractivity contribution in [2.75, 3.05) is 0 Å². The van der Waals surface area contributed by atoms with E-state index in [1.54, 1.807) is 0 Å². The van der Waals surface area contributed by atoms with E-state index in [0.29, 0.717) is 8.50 Å². The molecular weight excluding hydrogens is 389 g/mol. The summed E-state index contributed by atoms with van der Waals surface area (Å²) in [6, 6.07) is 0. The smallest absolute Gasteiger partial charge is 0.0836 e. The van der Waals surface area contributed by atoms with Crippen molar-refractivity contribution in [3.63, 3.8) is 0 Å². The molecule has 5 unspecified atom stereocenters. The van der Waals surface area contributed by atoms with Gasteiger partial charge in [-0.15, -0.1) is 0 Å². The summed E-state index contributed by atoms with van der Waals surface area (Å²) in [5.74, 6) is 0. The predicted molar refractivity (Wildman–Crippen MR) is 131 cm³/mol. The first kappa shape index (κ1) is 26.9. The molecule has 5 heteroatoms. The van der Waals surface area contributed by atoms with E-state index in [9.17, 15) is 0 Å². The summed E-state index contributed by atoms with van der Waals surface area (Å²) in [6.45, 7) is 4.39. The van der Waals surface area contributed by atoms with Crippen LogP contribution < -0.4 is 0 Å². The number of rotatable bonds is 17. The molecule has 0 amide bonds. The van der Waals surface area contributed by atoms with Gasteiger partial charge in [0.25, 0.3) is 0 Å². The van der Waals surface area contributed by atoms with Crippen molar-refractivity contribution in [2.24, 2.45) is 0 Å². The van der Waals surface area contributed by atoms with Crippen LogP contribution in [0.1, 0.15) is 65.2 Å². The quantitative estimate of drug-likeness (QED) is 0.102. The maximum atomic E-state index is 5.76. The molecule has 0 aliphatic rings. The molecule has 27 heavy (non-hydrogen) atoms. The van der Waals surface area contributed by atoms with Crippen molar-refractivity contribution in [1.29, 1.82) is 0 Å². The molecule has 0 radical (unpaired) electrons. The highest BCUT2D eigenvalue weighted by Gasteiger charge is 2.01. The summed E-state index contributed by atoms with van der Waals surface area (Å²) in [5, 5.41) is 0. The van der Waals surface area contributed by atoms with Crippen molar-refractivity contribution >= 4 is 26.9 Å². The van der Waals surface area contributed by atoms with Gasteiger partial charge in [-0.05, 0) is 25.7 Å². The minimum atomic E-state index is 0.127. The molecule has 154 valence electrons. The second-order valence-electron chi connectivity index (χ2n) is 6.28. The van der Waals surface area contributed by atoms with Gasteiger partial charge in [0.15, 0.2) is 0 Å². The first-order valence-corrected chi connectivity index (χ1v) is 13.3. The second-order valence-corrected chi connectivity index (χ2v) is 7.73. The van der Waals surface area contributed by atoms with Gasteiger partial charge >= 0.3 is 0 Å². The molecule has 0 heterocycles. The van der Waals surface area contributed by atoms with Crippen LogP contribution in [0.5, 0.6) is 0 Å². The molecule has 0 saturated carbocycles. The van der Waals surface area contributed by atoms with Crippen molar-refractivity contribution in [3.05, 3.63) is 60.8 Å². The van der Waals surface area contributed by atoms with Crippen LogP contribution in [0.4, 0.5) is 0 Å². The Bertz CT molecular complexity index is 456. The van der Waals surface area contributed by atoms with Gasteiger partial charge in [0, 0.05) is 18.0 Å². The van der Waals surface area contributed by atoms with E-state index in [1.165, 1.54) is 25.7 Å². The average molecular weight is 428 g/mol. The van der Waals surface area contributed by atoms with Gasteiger partial charge in [0.05, 0.1) is 12.2 Å². The zero-order chi connectivity index (χ0) is 20.0. The molecule has 2 nitrogen and oxygen atoms in total. The summed E-state index contributed by atoms with van der Waals surface area (Å²) in [5.41, 5.74) is 0. The molecule has 0 aromatic carbocycles. The predicted octanol–water partition coefficient (Wildman–Crippen LogP) is 7.87. The van der Waals surface area contributed by atoms with Crippen LogP contribution in [0.3, 0.4) is 0 Å². The van der Waals surface area contributed by atoms with Crippen LogP contribution in [0.25, 0.3) is 0 Å². The van der Waals surface area contributed by atoms with E-state index in [1.807, 2.05) is 12.2 Å². The van der Waals surface area contributed by atoms with Gasteiger partial charge in [-0.1, -0.05) is 109 Å². The molecule has 0 fully saturated rings. The maximum absolute atomic E-state index is 5.76. The fourth-order valence-electron chi connectivity index (χ4n) is 2.41. The third kappa shape index (κ3) is 19.0. The number of hydrogen-bond acceptors (Lipinski definition) is 2.